The van der Waals surface area contributed by atoms with E-state index in [4.69, 9.17) is 16.3 Å². The van der Waals surface area contributed by atoms with Crippen LogP contribution in [-0.2, 0) is 14.3 Å². The average molecular weight is 379 g/mol. The van der Waals surface area contributed by atoms with Gasteiger partial charge in [-0.05, 0) is 50.0 Å². The Bertz CT molecular complexity index is 711. The van der Waals surface area contributed by atoms with Crippen LogP contribution < -0.4 is 10.6 Å². The van der Waals surface area contributed by atoms with E-state index in [2.05, 4.69) is 10.6 Å². The zero-order valence-corrected chi connectivity index (χ0v) is 15.6. The van der Waals surface area contributed by atoms with Crippen molar-refractivity contribution in [1.82, 2.24) is 10.6 Å². The Kier molecular flexibility index (Phi) is 7.21. The molecule has 2 rings (SSSR count). The summed E-state index contributed by atoms with van der Waals surface area (Å²) in [5, 5.41) is 5.53. The number of carbonyl (C=O) groups excluding carboxylic acids is 3. The third-order valence-electron chi connectivity index (χ3n) is 4.20. The lowest BCUT2D eigenvalue weighted by Gasteiger charge is -2.15. The first-order chi connectivity index (χ1) is 12.3. The number of amides is 3. The summed E-state index contributed by atoms with van der Waals surface area (Å²) in [5.41, 5.74) is 1.68. The zero-order valence-electron chi connectivity index (χ0n) is 14.9. The van der Waals surface area contributed by atoms with Crippen LogP contribution in [0.15, 0.2) is 24.3 Å². The molecule has 0 aromatic heterocycles. The maximum atomic E-state index is 11.9. The molecule has 0 unspecified atom stereocenters. The normalized spacial score (nSPS) is 15.7. The van der Waals surface area contributed by atoms with E-state index in [-0.39, 0.29) is 6.04 Å². The molecule has 0 aliphatic heterocycles. The van der Waals surface area contributed by atoms with E-state index in [9.17, 15) is 14.4 Å². The van der Waals surface area contributed by atoms with Crippen molar-refractivity contribution >= 4 is 35.6 Å². The minimum Gasteiger partial charge on any atom is -0.449 e. The second kappa shape index (κ2) is 9.38. The molecule has 1 atom stereocenters. The molecule has 7 heteroatoms. The number of hydrogen-bond acceptors (Lipinski definition) is 4. The molecule has 1 fully saturated rings. The first-order valence-corrected chi connectivity index (χ1v) is 8.99. The van der Waals surface area contributed by atoms with E-state index in [1.165, 1.54) is 13.0 Å². The number of imide groups is 1. The van der Waals surface area contributed by atoms with Crippen LogP contribution in [-0.4, -0.2) is 30.1 Å². The molecule has 1 aromatic carbocycles. The Morgan fingerprint density at radius 2 is 1.96 bits per heavy atom. The molecular formula is C19H23ClN2O4. The second-order valence-electron chi connectivity index (χ2n) is 6.37. The largest absolute Gasteiger partial charge is 0.449 e. The van der Waals surface area contributed by atoms with Crippen molar-refractivity contribution in [3.8, 4) is 0 Å². The van der Waals surface area contributed by atoms with Crippen LogP contribution in [0.4, 0.5) is 4.79 Å². The SMILES string of the molecule is Cc1ccc(/C=C/C(=O)O[C@@H](C)C(=O)NC(=O)NC2CCCC2)cc1Cl. The highest BCUT2D eigenvalue weighted by Crippen LogP contribution is 2.18. The molecule has 1 saturated carbocycles. The maximum Gasteiger partial charge on any atom is 0.331 e. The minimum atomic E-state index is -1.08. The standard InChI is InChI=1S/C19H23ClN2O4/c1-12-7-8-14(11-16(12)20)9-10-17(23)26-13(2)18(24)22-19(25)21-15-5-3-4-6-15/h7-11,13,15H,3-6H2,1-2H3,(H2,21,22,24,25)/b10-9+/t13-/m0/s1. The predicted octanol–water partition coefficient (Wildman–Crippen LogP) is 3.36. The molecule has 0 saturated heterocycles. The maximum absolute atomic E-state index is 11.9. The number of nitrogens with one attached hydrogen (secondary N) is 2. The molecular weight excluding hydrogens is 356 g/mol. The smallest absolute Gasteiger partial charge is 0.331 e. The third kappa shape index (κ3) is 6.19. The fraction of sp³-hybridized carbons (Fsp3) is 0.421. The van der Waals surface area contributed by atoms with Gasteiger partial charge in [-0.3, -0.25) is 10.1 Å². The van der Waals surface area contributed by atoms with Gasteiger partial charge in [0, 0.05) is 17.1 Å². The lowest BCUT2D eigenvalue weighted by Crippen LogP contribution is -2.47. The number of halogens is 1. The van der Waals surface area contributed by atoms with E-state index in [0.29, 0.717) is 5.02 Å². The minimum absolute atomic E-state index is 0.102. The fourth-order valence-electron chi connectivity index (χ4n) is 2.65. The molecule has 2 N–H and O–H groups in total. The highest BCUT2D eigenvalue weighted by atomic mass is 35.5. The molecule has 6 nitrogen and oxygen atoms in total. The third-order valence-corrected chi connectivity index (χ3v) is 4.60. The summed E-state index contributed by atoms with van der Waals surface area (Å²) in [4.78, 5) is 35.5. The monoisotopic (exact) mass is 378 g/mol. The molecule has 0 spiro atoms. The number of benzene rings is 1. The Morgan fingerprint density at radius 1 is 1.27 bits per heavy atom. The number of ether oxygens (including phenoxy) is 1. The van der Waals surface area contributed by atoms with Crippen molar-refractivity contribution in [3.63, 3.8) is 0 Å². The lowest BCUT2D eigenvalue weighted by molar-refractivity contribution is -0.149. The van der Waals surface area contributed by atoms with Gasteiger partial charge in [-0.15, -0.1) is 0 Å². The summed E-state index contributed by atoms with van der Waals surface area (Å²) in [6, 6.07) is 4.92. The molecule has 140 valence electrons. The summed E-state index contributed by atoms with van der Waals surface area (Å²) in [7, 11) is 0. The molecule has 1 aliphatic rings. The first-order valence-electron chi connectivity index (χ1n) is 8.61. The van der Waals surface area contributed by atoms with Gasteiger partial charge in [0.25, 0.3) is 5.91 Å². The molecule has 0 bridgehead atoms. The summed E-state index contributed by atoms with van der Waals surface area (Å²) in [6.07, 6.45) is 5.66. The summed E-state index contributed by atoms with van der Waals surface area (Å²) >= 11 is 6.02. The van der Waals surface area contributed by atoms with Crippen LogP contribution >= 0.6 is 11.6 Å². The van der Waals surface area contributed by atoms with Crippen LogP contribution in [0.2, 0.25) is 5.02 Å². The summed E-state index contributed by atoms with van der Waals surface area (Å²) in [6.45, 7) is 3.29. The molecule has 3 amide bonds. The van der Waals surface area contributed by atoms with E-state index in [1.807, 2.05) is 19.1 Å². The van der Waals surface area contributed by atoms with Crippen LogP contribution in [0, 0.1) is 6.92 Å². The van der Waals surface area contributed by atoms with Crippen molar-refractivity contribution in [1.29, 1.82) is 0 Å². The quantitative estimate of drug-likeness (QED) is 0.607. The summed E-state index contributed by atoms with van der Waals surface area (Å²) < 4.78 is 5.01. The Morgan fingerprint density at radius 3 is 2.62 bits per heavy atom. The van der Waals surface area contributed by atoms with E-state index < -0.39 is 24.0 Å². The number of rotatable bonds is 5. The van der Waals surface area contributed by atoms with Gasteiger partial charge in [0.05, 0.1) is 0 Å². The van der Waals surface area contributed by atoms with Crippen molar-refractivity contribution in [2.75, 3.05) is 0 Å². The van der Waals surface area contributed by atoms with Gasteiger partial charge in [0.1, 0.15) is 0 Å². The number of carbonyl (C=O) groups is 3. The average Bonchev–Trinajstić information content (AvgIpc) is 3.08. The number of urea groups is 1. The molecule has 1 aromatic rings. The van der Waals surface area contributed by atoms with Crippen LogP contribution in [0.5, 0.6) is 0 Å². The Balaban J connectivity index is 1.79. The molecule has 26 heavy (non-hydrogen) atoms. The van der Waals surface area contributed by atoms with Gasteiger partial charge in [0.15, 0.2) is 6.10 Å². The second-order valence-corrected chi connectivity index (χ2v) is 6.77. The van der Waals surface area contributed by atoms with Crippen molar-refractivity contribution in [3.05, 3.63) is 40.4 Å². The van der Waals surface area contributed by atoms with E-state index >= 15 is 0 Å². The van der Waals surface area contributed by atoms with Crippen LogP contribution in [0.25, 0.3) is 6.08 Å². The van der Waals surface area contributed by atoms with Gasteiger partial charge in [-0.1, -0.05) is 36.6 Å². The number of hydrogen-bond donors (Lipinski definition) is 2. The van der Waals surface area contributed by atoms with Gasteiger partial charge in [-0.25, -0.2) is 9.59 Å². The molecule has 0 radical (unpaired) electrons. The van der Waals surface area contributed by atoms with Gasteiger partial charge >= 0.3 is 12.0 Å². The van der Waals surface area contributed by atoms with Gasteiger partial charge in [0.2, 0.25) is 0 Å². The Hall–Kier alpha value is -2.34. The van der Waals surface area contributed by atoms with Crippen LogP contribution in [0.3, 0.4) is 0 Å². The lowest BCUT2D eigenvalue weighted by atomic mass is 10.1. The highest BCUT2D eigenvalue weighted by molar-refractivity contribution is 6.31. The van der Waals surface area contributed by atoms with E-state index in [0.717, 1.165) is 36.8 Å². The predicted molar refractivity (Wildman–Crippen MR) is 99.7 cm³/mol. The van der Waals surface area contributed by atoms with Gasteiger partial charge in [-0.2, -0.15) is 0 Å². The van der Waals surface area contributed by atoms with Crippen molar-refractivity contribution < 1.29 is 19.1 Å². The number of esters is 1. The Labute approximate surface area is 157 Å². The summed E-state index contributed by atoms with van der Waals surface area (Å²) in [5.74, 6) is -1.35. The van der Waals surface area contributed by atoms with E-state index in [1.54, 1.807) is 12.1 Å². The van der Waals surface area contributed by atoms with Crippen molar-refractivity contribution in [2.24, 2.45) is 0 Å². The van der Waals surface area contributed by atoms with Gasteiger partial charge < -0.3 is 10.1 Å². The van der Waals surface area contributed by atoms with Crippen molar-refractivity contribution in [2.45, 2.75) is 51.7 Å². The zero-order chi connectivity index (χ0) is 19.1. The number of aryl methyl sites for hydroxylation is 1. The highest BCUT2D eigenvalue weighted by Gasteiger charge is 2.22. The fourth-order valence-corrected chi connectivity index (χ4v) is 2.84. The topological polar surface area (TPSA) is 84.5 Å². The molecule has 1 aliphatic carbocycles. The molecule has 0 heterocycles. The first kappa shape index (κ1) is 20.0. The van der Waals surface area contributed by atoms with Crippen LogP contribution in [0.1, 0.15) is 43.7 Å².